The quantitative estimate of drug-likeness (QED) is 0.198. The van der Waals surface area contributed by atoms with Crippen LogP contribution in [0.5, 0.6) is 11.5 Å². The van der Waals surface area contributed by atoms with Crippen LogP contribution in [0.2, 0.25) is 0 Å². The van der Waals surface area contributed by atoms with Gasteiger partial charge in [-0.25, -0.2) is 9.59 Å². The van der Waals surface area contributed by atoms with E-state index in [0.29, 0.717) is 30.0 Å². The van der Waals surface area contributed by atoms with E-state index in [1.54, 1.807) is 45.8 Å². The van der Waals surface area contributed by atoms with Gasteiger partial charge in [0.25, 0.3) is 0 Å². The summed E-state index contributed by atoms with van der Waals surface area (Å²) >= 11 is 3.15. The zero-order valence-electron chi connectivity index (χ0n) is 23.0. The lowest BCUT2D eigenvalue weighted by Gasteiger charge is -2.29. The van der Waals surface area contributed by atoms with Crippen LogP contribution in [0.1, 0.15) is 66.9 Å². The molecule has 3 N–H and O–H groups in total. The van der Waals surface area contributed by atoms with Crippen LogP contribution in [-0.2, 0) is 16.1 Å². The van der Waals surface area contributed by atoms with Gasteiger partial charge in [0.05, 0.1) is 31.1 Å². The minimum absolute atomic E-state index is 0.0159. The number of nitrogens with zero attached hydrogens (tertiary/aromatic N) is 1. The van der Waals surface area contributed by atoms with Gasteiger partial charge in [-0.1, -0.05) is 38.0 Å². The van der Waals surface area contributed by atoms with Crippen molar-refractivity contribution in [2.75, 3.05) is 13.4 Å². The fraction of sp³-hybridized carbons (Fsp3) is 0.414. The Morgan fingerprint density at radius 2 is 1.85 bits per heavy atom. The van der Waals surface area contributed by atoms with Crippen LogP contribution in [0.15, 0.2) is 53.2 Å². The molecule has 0 aliphatic carbocycles. The van der Waals surface area contributed by atoms with Crippen LogP contribution in [0.25, 0.3) is 0 Å². The van der Waals surface area contributed by atoms with Gasteiger partial charge in [0.2, 0.25) is 6.79 Å². The maximum Gasteiger partial charge on any atom is 0.410 e. The summed E-state index contributed by atoms with van der Waals surface area (Å²) < 4.78 is 16.5. The third kappa shape index (κ3) is 8.61. The molecule has 0 fully saturated rings. The SMILES string of the molecule is CCCC[C@@H](COC(=O)N(Cc1cccs1)C(C)c1cccs1)NC(=O)N[C@@H](CC(=O)O)c1ccc2c(c1)OCO2. The molecule has 2 aromatic heterocycles. The van der Waals surface area contributed by atoms with Crippen molar-refractivity contribution in [3.63, 3.8) is 0 Å². The number of hydrogen-bond acceptors (Lipinski definition) is 8. The number of benzene rings is 1. The number of nitrogens with one attached hydrogen (secondary N) is 2. The average Bonchev–Trinajstić information content (AvgIpc) is 3.74. The maximum absolute atomic E-state index is 13.3. The van der Waals surface area contributed by atoms with Crippen LogP contribution < -0.4 is 20.1 Å². The van der Waals surface area contributed by atoms with E-state index < -0.39 is 30.2 Å². The smallest absolute Gasteiger partial charge is 0.410 e. The third-order valence-electron chi connectivity index (χ3n) is 6.70. The molecule has 12 heteroatoms. The van der Waals surface area contributed by atoms with E-state index in [9.17, 15) is 19.5 Å². The van der Waals surface area contributed by atoms with Crippen molar-refractivity contribution < 1.29 is 33.7 Å². The Balaban J connectivity index is 1.40. The molecule has 0 radical (unpaired) electrons. The molecule has 3 heterocycles. The molecule has 0 bridgehead atoms. The zero-order valence-corrected chi connectivity index (χ0v) is 24.7. The van der Waals surface area contributed by atoms with Gasteiger partial charge in [-0.2, -0.15) is 0 Å². The second-order valence-corrected chi connectivity index (χ2v) is 11.7. The number of carbonyl (C=O) groups is 3. The molecule has 1 aromatic carbocycles. The Labute approximate surface area is 247 Å². The summed E-state index contributed by atoms with van der Waals surface area (Å²) in [6.45, 7) is 4.50. The van der Waals surface area contributed by atoms with Gasteiger partial charge in [-0.3, -0.25) is 9.69 Å². The molecule has 1 unspecified atom stereocenters. The van der Waals surface area contributed by atoms with E-state index >= 15 is 0 Å². The van der Waals surface area contributed by atoms with Gasteiger partial charge in [-0.05, 0) is 53.9 Å². The maximum atomic E-state index is 13.3. The molecule has 220 valence electrons. The first-order chi connectivity index (χ1) is 19.8. The second kappa shape index (κ2) is 14.7. The van der Waals surface area contributed by atoms with Gasteiger partial charge < -0.3 is 30.0 Å². The summed E-state index contributed by atoms with van der Waals surface area (Å²) in [6.07, 6.45) is 1.52. The summed E-state index contributed by atoms with van der Waals surface area (Å²) in [6, 6.07) is 10.9. The van der Waals surface area contributed by atoms with Gasteiger partial charge in [0.15, 0.2) is 11.5 Å². The van der Waals surface area contributed by atoms with Crippen molar-refractivity contribution in [2.24, 2.45) is 0 Å². The lowest BCUT2D eigenvalue weighted by Crippen LogP contribution is -2.46. The molecule has 3 aromatic rings. The van der Waals surface area contributed by atoms with Gasteiger partial charge in [-0.15, -0.1) is 22.7 Å². The topological polar surface area (TPSA) is 126 Å². The first-order valence-electron chi connectivity index (χ1n) is 13.5. The number of urea groups is 1. The highest BCUT2D eigenvalue weighted by atomic mass is 32.1. The number of rotatable bonds is 14. The minimum atomic E-state index is -1.06. The number of thiophene rings is 2. The van der Waals surface area contributed by atoms with Crippen LogP contribution in [0.4, 0.5) is 9.59 Å². The molecule has 3 atom stereocenters. The van der Waals surface area contributed by atoms with E-state index in [4.69, 9.17) is 14.2 Å². The number of carboxylic acid groups (broad SMARTS) is 1. The fourth-order valence-corrected chi connectivity index (χ4v) is 5.96. The Hall–Kier alpha value is -3.77. The Bertz CT molecular complexity index is 1280. The number of unbranched alkanes of at least 4 members (excludes halogenated alkanes) is 1. The number of hydrogen-bond donors (Lipinski definition) is 3. The van der Waals surface area contributed by atoms with Gasteiger partial charge >= 0.3 is 18.1 Å². The number of carbonyl (C=O) groups excluding carboxylic acids is 2. The summed E-state index contributed by atoms with van der Waals surface area (Å²) in [5.41, 5.74) is 0.579. The summed E-state index contributed by atoms with van der Waals surface area (Å²) in [7, 11) is 0. The molecule has 0 saturated heterocycles. The first kappa shape index (κ1) is 30.2. The normalized spacial score (nSPS) is 14.1. The molecule has 0 spiro atoms. The van der Waals surface area contributed by atoms with Crippen LogP contribution in [0.3, 0.4) is 0 Å². The molecule has 1 aliphatic rings. The van der Waals surface area contributed by atoms with Crippen molar-refractivity contribution in [1.82, 2.24) is 15.5 Å². The van der Waals surface area contributed by atoms with Gasteiger partial charge in [0, 0.05) is 9.75 Å². The molecule has 0 saturated carbocycles. The molecular formula is C29H35N3O7S2. The Kier molecular flexibility index (Phi) is 10.9. The highest BCUT2D eigenvalue weighted by molar-refractivity contribution is 7.10. The molecule has 4 rings (SSSR count). The Morgan fingerprint density at radius 3 is 2.56 bits per heavy atom. The summed E-state index contributed by atoms with van der Waals surface area (Å²) in [5.74, 6) is 0.00192. The van der Waals surface area contributed by atoms with Crippen molar-refractivity contribution in [3.05, 3.63) is 68.5 Å². The van der Waals surface area contributed by atoms with E-state index in [1.165, 1.54) is 0 Å². The monoisotopic (exact) mass is 601 g/mol. The van der Waals surface area contributed by atoms with Crippen molar-refractivity contribution in [3.8, 4) is 11.5 Å². The molecule has 3 amide bonds. The van der Waals surface area contributed by atoms with Crippen molar-refractivity contribution in [2.45, 2.75) is 64.2 Å². The van der Waals surface area contributed by atoms with E-state index in [2.05, 4.69) is 10.6 Å². The highest BCUT2D eigenvalue weighted by Crippen LogP contribution is 2.35. The number of aliphatic carboxylic acids is 1. The summed E-state index contributed by atoms with van der Waals surface area (Å²) in [4.78, 5) is 41.7. The number of ether oxygens (including phenoxy) is 3. The standard InChI is InChI=1S/C29H35N3O7S2/c1-3-4-7-21(17-37-29(36)32(16-22-8-5-12-40-22)19(2)26-9-6-13-41-26)30-28(35)31-23(15-27(33)34)20-10-11-24-25(14-20)39-18-38-24/h5-6,8-14,19,21,23H,3-4,7,15-18H2,1-2H3,(H,33,34)(H2,30,31,35)/t19?,21-,23-/m0/s1. The Morgan fingerprint density at radius 1 is 1.07 bits per heavy atom. The minimum Gasteiger partial charge on any atom is -0.481 e. The van der Waals surface area contributed by atoms with Gasteiger partial charge in [0.1, 0.15) is 6.61 Å². The number of carboxylic acids is 1. The molecule has 10 nitrogen and oxygen atoms in total. The predicted octanol–water partition coefficient (Wildman–Crippen LogP) is 6.31. The van der Waals surface area contributed by atoms with Crippen LogP contribution in [0, 0.1) is 0 Å². The van der Waals surface area contributed by atoms with E-state index in [-0.39, 0.29) is 25.9 Å². The zero-order chi connectivity index (χ0) is 29.2. The highest BCUT2D eigenvalue weighted by Gasteiger charge is 2.27. The molecular weight excluding hydrogens is 566 g/mol. The third-order valence-corrected chi connectivity index (χ3v) is 8.60. The van der Waals surface area contributed by atoms with Crippen molar-refractivity contribution >= 4 is 40.8 Å². The molecule has 41 heavy (non-hydrogen) atoms. The molecule has 1 aliphatic heterocycles. The van der Waals surface area contributed by atoms with E-state index in [1.807, 2.05) is 48.9 Å². The lowest BCUT2D eigenvalue weighted by atomic mass is 10.0. The predicted molar refractivity (Wildman–Crippen MR) is 156 cm³/mol. The van der Waals surface area contributed by atoms with Crippen LogP contribution >= 0.6 is 22.7 Å². The second-order valence-electron chi connectivity index (χ2n) is 9.70. The fourth-order valence-electron chi connectivity index (χ4n) is 4.46. The lowest BCUT2D eigenvalue weighted by molar-refractivity contribution is -0.137. The van der Waals surface area contributed by atoms with Crippen LogP contribution in [-0.4, -0.2) is 47.5 Å². The van der Waals surface area contributed by atoms with E-state index in [0.717, 1.165) is 22.6 Å². The average molecular weight is 602 g/mol. The van der Waals surface area contributed by atoms with Crippen molar-refractivity contribution in [1.29, 1.82) is 0 Å². The first-order valence-corrected chi connectivity index (χ1v) is 15.3. The summed E-state index contributed by atoms with van der Waals surface area (Å²) in [5, 5.41) is 19.1. The largest absolute Gasteiger partial charge is 0.481 e. The number of fused-ring (bicyclic) bond motifs is 1. The number of amides is 3.